The molecule has 45 heavy (non-hydrogen) atoms. The summed E-state index contributed by atoms with van der Waals surface area (Å²) >= 11 is 6.08. The number of aromatic nitrogens is 3. The van der Waals surface area contributed by atoms with Crippen LogP contribution in [0.25, 0.3) is 11.0 Å². The molecule has 1 amide bonds. The average molecular weight is 626 g/mol. The van der Waals surface area contributed by atoms with Crippen LogP contribution in [0.3, 0.4) is 0 Å². The van der Waals surface area contributed by atoms with Crippen molar-refractivity contribution in [2.24, 2.45) is 7.05 Å². The maximum Gasteiger partial charge on any atom is 0.278 e. The Labute approximate surface area is 265 Å². The molecule has 10 heteroatoms. The number of aryl methyl sites for hydroxylation is 2. The van der Waals surface area contributed by atoms with Crippen LogP contribution in [0.2, 0.25) is 5.02 Å². The second-order valence-electron chi connectivity index (χ2n) is 11.9. The fourth-order valence-corrected chi connectivity index (χ4v) is 6.88. The molecular formula is C35H33ClFN5O3. The van der Waals surface area contributed by atoms with Gasteiger partial charge >= 0.3 is 0 Å². The second-order valence-corrected chi connectivity index (χ2v) is 12.4. The largest absolute Gasteiger partial charge is 0.444 e. The smallest absolute Gasteiger partial charge is 0.278 e. The predicted octanol–water partition coefficient (Wildman–Crippen LogP) is 7.35. The van der Waals surface area contributed by atoms with Gasteiger partial charge in [0.05, 0.1) is 28.7 Å². The van der Waals surface area contributed by atoms with Crippen molar-refractivity contribution >= 4 is 34.2 Å². The Kier molecular flexibility index (Phi) is 7.46. The molecule has 230 valence electrons. The van der Waals surface area contributed by atoms with Gasteiger partial charge in [0.25, 0.3) is 11.7 Å². The van der Waals surface area contributed by atoms with Gasteiger partial charge in [0.1, 0.15) is 11.6 Å². The normalized spacial score (nSPS) is 18.4. The topological polar surface area (TPSA) is 81.5 Å². The highest BCUT2D eigenvalue weighted by Gasteiger charge is 2.44. The SMILES string of the molecule is Cc1cc(Cl)cc(F)c1C1(C)Oc2cccc(C3CCN(Cc4nc5cc(NC(=O)c6cccnc6)ccc5n4C)CC3)c2O1. The third-order valence-electron chi connectivity index (χ3n) is 8.86. The fourth-order valence-electron chi connectivity index (χ4n) is 6.62. The Morgan fingerprint density at radius 2 is 1.93 bits per heavy atom. The number of nitrogens with one attached hydrogen (secondary N) is 1. The minimum absolute atomic E-state index is 0.209. The Morgan fingerprint density at radius 3 is 2.69 bits per heavy atom. The van der Waals surface area contributed by atoms with Crippen molar-refractivity contribution in [3.8, 4) is 11.5 Å². The van der Waals surface area contributed by atoms with Gasteiger partial charge in [-0.25, -0.2) is 9.37 Å². The van der Waals surface area contributed by atoms with Gasteiger partial charge in [-0.1, -0.05) is 23.7 Å². The van der Waals surface area contributed by atoms with E-state index in [0.717, 1.165) is 54.9 Å². The van der Waals surface area contributed by atoms with Gasteiger partial charge < -0.3 is 19.4 Å². The minimum atomic E-state index is -1.28. The molecule has 2 aromatic heterocycles. The number of hydrogen-bond acceptors (Lipinski definition) is 6. The van der Waals surface area contributed by atoms with Crippen LogP contribution in [0.5, 0.6) is 11.5 Å². The van der Waals surface area contributed by atoms with E-state index >= 15 is 4.39 Å². The van der Waals surface area contributed by atoms with E-state index in [1.807, 2.05) is 44.3 Å². The van der Waals surface area contributed by atoms with Gasteiger partial charge in [-0.3, -0.25) is 14.7 Å². The van der Waals surface area contributed by atoms with Crippen LogP contribution in [0, 0.1) is 12.7 Å². The van der Waals surface area contributed by atoms with E-state index in [1.54, 1.807) is 37.5 Å². The zero-order chi connectivity index (χ0) is 31.3. The maximum absolute atomic E-state index is 15.1. The number of benzene rings is 3. The summed E-state index contributed by atoms with van der Waals surface area (Å²) in [5.41, 5.74) is 5.15. The number of anilines is 1. The van der Waals surface area contributed by atoms with Gasteiger partial charge in [-0.15, -0.1) is 0 Å². The number of rotatable bonds is 6. The molecule has 7 rings (SSSR count). The van der Waals surface area contributed by atoms with E-state index in [0.29, 0.717) is 38.9 Å². The molecule has 8 nitrogen and oxygen atoms in total. The molecule has 0 bridgehead atoms. The maximum atomic E-state index is 15.1. The highest BCUT2D eigenvalue weighted by atomic mass is 35.5. The molecule has 0 spiro atoms. The average Bonchev–Trinajstić information content (AvgIpc) is 3.52. The molecule has 2 aliphatic heterocycles. The van der Waals surface area contributed by atoms with Crippen LogP contribution in [-0.2, 0) is 19.4 Å². The van der Waals surface area contributed by atoms with Gasteiger partial charge in [0, 0.05) is 42.6 Å². The number of ether oxygens (including phenoxy) is 2. The molecule has 1 unspecified atom stereocenters. The Bertz CT molecular complexity index is 1900. The van der Waals surface area contributed by atoms with Crippen LogP contribution in [0.4, 0.5) is 10.1 Å². The van der Waals surface area contributed by atoms with Crippen molar-refractivity contribution < 1.29 is 18.7 Å². The van der Waals surface area contributed by atoms with Crippen molar-refractivity contribution in [1.82, 2.24) is 19.4 Å². The summed E-state index contributed by atoms with van der Waals surface area (Å²) in [5.74, 6) is 0.630. The molecule has 0 radical (unpaired) electrons. The molecule has 1 fully saturated rings. The first-order valence-electron chi connectivity index (χ1n) is 15.0. The molecule has 3 aromatic carbocycles. The molecule has 1 saturated heterocycles. The lowest BCUT2D eigenvalue weighted by Gasteiger charge is -2.32. The first-order chi connectivity index (χ1) is 21.7. The van der Waals surface area contributed by atoms with E-state index in [-0.39, 0.29) is 11.8 Å². The van der Waals surface area contributed by atoms with Gasteiger partial charge in [0.15, 0.2) is 11.5 Å². The predicted molar refractivity (Wildman–Crippen MR) is 171 cm³/mol. The number of para-hydroxylation sites is 1. The highest BCUT2D eigenvalue weighted by Crippen LogP contribution is 2.50. The summed E-state index contributed by atoms with van der Waals surface area (Å²) in [4.78, 5) is 23.9. The zero-order valence-electron chi connectivity index (χ0n) is 25.3. The third-order valence-corrected chi connectivity index (χ3v) is 9.08. The summed E-state index contributed by atoms with van der Waals surface area (Å²) in [5, 5.41) is 3.28. The van der Waals surface area contributed by atoms with Crippen molar-refractivity contribution in [3.05, 3.63) is 112 Å². The molecular weight excluding hydrogens is 593 g/mol. The number of nitrogens with zero attached hydrogens (tertiary/aromatic N) is 4. The van der Waals surface area contributed by atoms with Gasteiger partial charge in [0.2, 0.25) is 0 Å². The highest BCUT2D eigenvalue weighted by molar-refractivity contribution is 6.30. The molecule has 0 saturated carbocycles. The number of likely N-dealkylation sites (tertiary alicyclic amines) is 1. The first-order valence-corrected chi connectivity index (χ1v) is 15.4. The molecule has 1 N–H and O–H groups in total. The van der Waals surface area contributed by atoms with Crippen molar-refractivity contribution in [3.63, 3.8) is 0 Å². The number of amides is 1. The summed E-state index contributed by atoms with van der Waals surface area (Å²) in [7, 11) is 2.03. The second kappa shape index (κ2) is 11.5. The zero-order valence-corrected chi connectivity index (χ0v) is 26.1. The van der Waals surface area contributed by atoms with Crippen LogP contribution >= 0.6 is 11.6 Å². The fraction of sp³-hybridized carbons (Fsp3) is 0.286. The number of hydrogen-bond donors (Lipinski definition) is 1. The monoisotopic (exact) mass is 625 g/mol. The summed E-state index contributed by atoms with van der Waals surface area (Å²) in [6.45, 7) is 6.08. The first kappa shape index (κ1) is 29.3. The van der Waals surface area contributed by atoms with E-state index in [4.69, 9.17) is 26.1 Å². The third kappa shape index (κ3) is 5.51. The summed E-state index contributed by atoms with van der Waals surface area (Å²) in [6, 6.07) is 18.2. The van der Waals surface area contributed by atoms with Crippen molar-refractivity contribution in [2.75, 3.05) is 18.4 Å². The molecule has 5 aromatic rings. The Morgan fingerprint density at radius 1 is 1.11 bits per heavy atom. The van der Waals surface area contributed by atoms with Crippen LogP contribution < -0.4 is 14.8 Å². The molecule has 4 heterocycles. The van der Waals surface area contributed by atoms with Gasteiger partial charge in [-0.05, 0) is 92.9 Å². The molecule has 2 aliphatic rings. The minimum Gasteiger partial charge on any atom is -0.444 e. The lowest BCUT2D eigenvalue weighted by atomic mass is 9.88. The number of pyridine rings is 1. The molecule has 0 aliphatic carbocycles. The van der Waals surface area contributed by atoms with E-state index in [9.17, 15) is 4.79 Å². The van der Waals surface area contributed by atoms with Gasteiger partial charge in [-0.2, -0.15) is 0 Å². The quantitative estimate of drug-likeness (QED) is 0.213. The van der Waals surface area contributed by atoms with Crippen LogP contribution in [0.15, 0.2) is 73.1 Å². The van der Waals surface area contributed by atoms with Crippen LogP contribution in [0.1, 0.15) is 58.6 Å². The van der Waals surface area contributed by atoms with Crippen LogP contribution in [-0.4, -0.2) is 38.4 Å². The van der Waals surface area contributed by atoms with Crippen molar-refractivity contribution in [1.29, 1.82) is 0 Å². The number of piperidine rings is 1. The standard InChI is InChI=1S/C35H33ClFN5O3/c1-21-16-24(36)17-27(37)32(21)35(2)44-30-8-4-7-26(33(30)45-35)22-11-14-42(15-12-22)20-31-40-28-18-25(9-10-29(28)41(31)3)39-34(43)23-6-5-13-38-19-23/h4-10,13,16-19,22H,11-12,14-15,20H2,1-3H3,(H,39,43). The Balaban J connectivity index is 1.03. The number of fused-ring (bicyclic) bond motifs is 2. The molecule has 1 atom stereocenters. The number of carbonyl (C=O) groups is 1. The number of imidazole rings is 1. The summed E-state index contributed by atoms with van der Waals surface area (Å²) in [6.07, 6.45) is 5.07. The lowest BCUT2D eigenvalue weighted by Crippen LogP contribution is -2.34. The lowest BCUT2D eigenvalue weighted by molar-refractivity contribution is -0.0717. The Hall–Kier alpha value is -4.47. The van der Waals surface area contributed by atoms with E-state index in [2.05, 4.69) is 25.8 Å². The number of carbonyl (C=O) groups excluding carboxylic acids is 1. The number of halogens is 2. The summed E-state index contributed by atoms with van der Waals surface area (Å²) < 4.78 is 29.9. The van der Waals surface area contributed by atoms with E-state index in [1.165, 1.54) is 6.07 Å². The van der Waals surface area contributed by atoms with E-state index < -0.39 is 11.6 Å². The van der Waals surface area contributed by atoms with Crippen molar-refractivity contribution in [2.45, 2.75) is 44.9 Å².